The number of rotatable bonds is 5. The van der Waals surface area contributed by atoms with Gasteiger partial charge in [-0.15, -0.1) is 0 Å². The Balaban J connectivity index is 2.98. The van der Waals surface area contributed by atoms with Crippen LogP contribution >= 0.6 is 7.60 Å². The number of hydrogen-bond acceptors (Lipinski definition) is 3. The van der Waals surface area contributed by atoms with Gasteiger partial charge in [0.1, 0.15) is 0 Å². The summed E-state index contributed by atoms with van der Waals surface area (Å²) in [5, 5.41) is 0. The Bertz CT molecular complexity index is 411. The van der Waals surface area contributed by atoms with Crippen molar-refractivity contribution in [3.8, 4) is 0 Å². The number of benzene rings is 1. The van der Waals surface area contributed by atoms with Gasteiger partial charge in [-0.3, -0.25) is 9.36 Å². The molecule has 0 aliphatic carbocycles. The molecular weight excluding hydrogens is 243 g/mol. The lowest BCUT2D eigenvalue weighted by molar-refractivity contribution is -0.143. The zero-order valence-corrected chi connectivity index (χ0v) is 10.3. The lowest BCUT2D eigenvalue weighted by Gasteiger charge is -2.17. The molecule has 0 spiro atoms. The summed E-state index contributed by atoms with van der Waals surface area (Å²) in [6, 6.07) is 7.93. The van der Waals surface area contributed by atoms with E-state index >= 15 is 0 Å². The first-order valence-corrected chi connectivity index (χ1v) is 6.91. The molecule has 0 aliphatic heterocycles. The molecule has 1 unspecified atom stereocenters. The van der Waals surface area contributed by atoms with E-state index in [1.165, 1.54) is 12.1 Å². The zero-order valence-electron chi connectivity index (χ0n) is 9.44. The van der Waals surface area contributed by atoms with Crippen molar-refractivity contribution in [3.63, 3.8) is 0 Å². The van der Waals surface area contributed by atoms with Crippen molar-refractivity contribution in [2.75, 3.05) is 6.61 Å². The van der Waals surface area contributed by atoms with Crippen LogP contribution < -0.4 is 0 Å². The third-order valence-electron chi connectivity index (χ3n) is 2.12. The number of carbonyl (C=O) groups is 1. The minimum Gasteiger partial charge on any atom is -0.465 e. The van der Waals surface area contributed by atoms with E-state index in [0.29, 0.717) is 6.42 Å². The van der Waals surface area contributed by atoms with E-state index < -0.39 is 19.2 Å². The van der Waals surface area contributed by atoms with Crippen LogP contribution in [0.4, 0.5) is 0 Å². The van der Waals surface area contributed by atoms with Crippen LogP contribution in [-0.2, 0) is 14.1 Å². The van der Waals surface area contributed by atoms with E-state index in [-0.39, 0.29) is 12.2 Å². The molecule has 6 heteroatoms. The molecule has 5 nitrogen and oxygen atoms in total. The predicted octanol–water partition coefficient (Wildman–Crippen LogP) is 1.86. The Morgan fingerprint density at radius 2 is 1.94 bits per heavy atom. The Kier molecular flexibility index (Phi) is 4.87. The van der Waals surface area contributed by atoms with Crippen molar-refractivity contribution in [2.24, 2.45) is 0 Å². The average Bonchev–Trinajstić information content (AvgIpc) is 2.26. The standard InChI is InChI=1S/C11H15O5P/c1-2-8-16-11(12)10(17(13,14)15)9-6-4-3-5-7-9/h3-7,10H,2,8H2,1H3,(H2,13,14,15). The second-order valence-corrected chi connectivity index (χ2v) is 5.26. The Labute approximate surface area is 99.6 Å². The summed E-state index contributed by atoms with van der Waals surface area (Å²) in [6.45, 7) is 1.96. The first kappa shape index (κ1) is 13.9. The summed E-state index contributed by atoms with van der Waals surface area (Å²) < 4.78 is 16.1. The van der Waals surface area contributed by atoms with Crippen LogP contribution in [0.1, 0.15) is 24.6 Å². The molecule has 0 aromatic heterocycles. The van der Waals surface area contributed by atoms with Gasteiger partial charge in [0.15, 0.2) is 5.66 Å². The molecule has 0 radical (unpaired) electrons. The molecule has 94 valence electrons. The minimum absolute atomic E-state index is 0.155. The van der Waals surface area contributed by atoms with Crippen molar-refractivity contribution >= 4 is 13.6 Å². The highest BCUT2D eigenvalue weighted by Crippen LogP contribution is 2.52. The molecule has 17 heavy (non-hydrogen) atoms. The highest BCUT2D eigenvalue weighted by atomic mass is 31.2. The molecular formula is C11H15O5P. The third kappa shape index (κ3) is 3.97. The Morgan fingerprint density at radius 1 is 1.35 bits per heavy atom. The summed E-state index contributed by atoms with van der Waals surface area (Å²) in [6.07, 6.45) is 0.606. The van der Waals surface area contributed by atoms with Crippen molar-refractivity contribution in [3.05, 3.63) is 35.9 Å². The number of hydrogen-bond donors (Lipinski definition) is 2. The van der Waals surface area contributed by atoms with E-state index in [0.717, 1.165) is 0 Å². The predicted molar refractivity (Wildman–Crippen MR) is 62.5 cm³/mol. The van der Waals surface area contributed by atoms with Gasteiger partial charge in [0.2, 0.25) is 0 Å². The molecule has 0 heterocycles. The van der Waals surface area contributed by atoms with E-state index in [1.807, 2.05) is 6.92 Å². The van der Waals surface area contributed by atoms with Crippen LogP contribution in [0.2, 0.25) is 0 Å². The monoisotopic (exact) mass is 258 g/mol. The maximum atomic E-state index is 11.6. The maximum absolute atomic E-state index is 11.6. The molecule has 2 N–H and O–H groups in total. The molecule has 0 amide bonds. The van der Waals surface area contributed by atoms with Crippen LogP contribution in [0, 0.1) is 0 Å². The van der Waals surface area contributed by atoms with Gasteiger partial charge in [-0.05, 0) is 12.0 Å². The van der Waals surface area contributed by atoms with Gasteiger partial charge in [-0.25, -0.2) is 0 Å². The Hall–Kier alpha value is -1.16. The zero-order chi connectivity index (χ0) is 12.9. The lowest BCUT2D eigenvalue weighted by atomic mass is 10.1. The first-order chi connectivity index (χ1) is 7.96. The van der Waals surface area contributed by atoms with Crippen molar-refractivity contribution in [1.82, 2.24) is 0 Å². The van der Waals surface area contributed by atoms with Crippen molar-refractivity contribution in [1.29, 1.82) is 0 Å². The van der Waals surface area contributed by atoms with Crippen molar-refractivity contribution < 1.29 is 23.9 Å². The van der Waals surface area contributed by atoms with Crippen LogP contribution in [-0.4, -0.2) is 22.4 Å². The number of ether oxygens (including phenoxy) is 1. The maximum Gasteiger partial charge on any atom is 0.344 e. The van der Waals surface area contributed by atoms with Crippen LogP contribution in [0.3, 0.4) is 0 Å². The van der Waals surface area contributed by atoms with Crippen LogP contribution in [0.15, 0.2) is 30.3 Å². The molecule has 0 aliphatic rings. The van der Waals surface area contributed by atoms with Crippen LogP contribution in [0.25, 0.3) is 0 Å². The molecule has 1 atom stereocenters. The van der Waals surface area contributed by atoms with E-state index in [2.05, 4.69) is 0 Å². The lowest BCUT2D eigenvalue weighted by Crippen LogP contribution is -2.16. The van der Waals surface area contributed by atoms with Gasteiger partial charge in [-0.1, -0.05) is 37.3 Å². The van der Waals surface area contributed by atoms with Gasteiger partial charge in [0.25, 0.3) is 0 Å². The summed E-state index contributed by atoms with van der Waals surface area (Å²) in [5.41, 5.74) is -1.27. The molecule has 1 rings (SSSR count). The fourth-order valence-corrected chi connectivity index (χ4v) is 2.29. The molecule has 0 bridgehead atoms. The van der Waals surface area contributed by atoms with Gasteiger partial charge in [0.05, 0.1) is 6.61 Å². The minimum atomic E-state index is -4.57. The van der Waals surface area contributed by atoms with Crippen molar-refractivity contribution in [2.45, 2.75) is 19.0 Å². The normalized spacial score (nSPS) is 13.1. The Morgan fingerprint density at radius 3 is 2.41 bits per heavy atom. The fourth-order valence-electron chi connectivity index (χ4n) is 1.38. The third-order valence-corrected chi connectivity index (χ3v) is 3.31. The molecule has 0 saturated heterocycles. The summed E-state index contributed by atoms with van der Waals surface area (Å²) in [7, 11) is -4.57. The number of carbonyl (C=O) groups excluding carboxylic acids is 1. The highest BCUT2D eigenvalue weighted by Gasteiger charge is 2.38. The topological polar surface area (TPSA) is 83.8 Å². The second kappa shape index (κ2) is 5.96. The van der Waals surface area contributed by atoms with Gasteiger partial charge in [0, 0.05) is 0 Å². The van der Waals surface area contributed by atoms with Gasteiger partial charge >= 0.3 is 13.6 Å². The smallest absolute Gasteiger partial charge is 0.344 e. The highest BCUT2D eigenvalue weighted by molar-refractivity contribution is 7.53. The molecule has 0 saturated carbocycles. The molecule has 1 aromatic carbocycles. The van der Waals surface area contributed by atoms with Gasteiger partial charge in [-0.2, -0.15) is 0 Å². The van der Waals surface area contributed by atoms with E-state index in [4.69, 9.17) is 4.74 Å². The second-order valence-electron chi connectivity index (χ2n) is 3.57. The van der Waals surface area contributed by atoms with E-state index in [1.54, 1.807) is 18.2 Å². The molecule has 1 aromatic rings. The first-order valence-electron chi connectivity index (χ1n) is 5.23. The average molecular weight is 258 g/mol. The van der Waals surface area contributed by atoms with Crippen LogP contribution in [0.5, 0.6) is 0 Å². The SMILES string of the molecule is CCCOC(=O)C(c1ccccc1)P(=O)(O)O. The quantitative estimate of drug-likeness (QED) is 0.622. The summed E-state index contributed by atoms with van der Waals surface area (Å²) in [4.78, 5) is 30.1. The summed E-state index contributed by atoms with van der Waals surface area (Å²) >= 11 is 0. The van der Waals surface area contributed by atoms with Gasteiger partial charge < -0.3 is 14.5 Å². The number of esters is 1. The largest absolute Gasteiger partial charge is 0.465 e. The molecule has 0 fully saturated rings. The van der Waals surface area contributed by atoms with E-state index in [9.17, 15) is 19.1 Å². The summed E-state index contributed by atoms with van der Waals surface area (Å²) in [5.74, 6) is -0.883. The fraction of sp³-hybridized carbons (Fsp3) is 0.364.